The van der Waals surface area contributed by atoms with Crippen LogP contribution in [-0.4, -0.2) is 29.1 Å². The van der Waals surface area contributed by atoms with Crippen molar-refractivity contribution < 1.29 is 13.9 Å². The van der Waals surface area contributed by atoms with Gasteiger partial charge in [-0.3, -0.25) is 0 Å². The second kappa shape index (κ2) is 6.38. The largest absolute Gasteiger partial charge is 0.449 e. The highest BCUT2D eigenvalue weighted by atomic mass is 19.1. The van der Waals surface area contributed by atoms with Gasteiger partial charge in [-0.05, 0) is 37.5 Å². The lowest BCUT2D eigenvalue weighted by atomic mass is 10.1. The molecular weight excluding hydrogens is 283 g/mol. The number of ether oxygens (including phenoxy) is 1. The highest BCUT2D eigenvalue weighted by molar-refractivity contribution is 5.85. The summed E-state index contributed by atoms with van der Waals surface area (Å²) >= 11 is 0. The van der Waals surface area contributed by atoms with Crippen molar-refractivity contribution in [3.63, 3.8) is 0 Å². The average molecular weight is 304 g/mol. The molecule has 1 N–H and O–H groups in total. The SMILES string of the molecule is CCCCOC(=O)N1CCCc2[nH]c3ccc(F)cc3c2C1. The van der Waals surface area contributed by atoms with Crippen LogP contribution in [0.2, 0.25) is 0 Å². The summed E-state index contributed by atoms with van der Waals surface area (Å²) in [5.41, 5.74) is 3.04. The number of fused-ring (bicyclic) bond motifs is 3. The lowest BCUT2D eigenvalue weighted by Gasteiger charge is -2.20. The van der Waals surface area contributed by atoms with Crippen LogP contribution in [0.3, 0.4) is 0 Å². The minimum absolute atomic E-state index is 0.254. The number of halogens is 1. The first-order valence-corrected chi connectivity index (χ1v) is 7.89. The van der Waals surface area contributed by atoms with Gasteiger partial charge in [0.25, 0.3) is 0 Å². The number of hydrogen-bond donors (Lipinski definition) is 1. The van der Waals surface area contributed by atoms with Gasteiger partial charge in [0.2, 0.25) is 0 Å². The molecule has 1 amide bonds. The summed E-state index contributed by atoms with van der Waals surface area (Å²) in [6, 6.07) is 4.74. The Balaban J connectivity index is 1.83. The Labute approximate surface area is 129 Å². The number of aromatic amines is 1. The molecule has 0 bridgehead atoms. The number of amides is 1. The van der Waals surface area contributed by atoms with E-state index in [2.05, 4.69) is 11.9 Å². The molecule has 5 heteroatoms. The van der Waals surface area contributed by atoms with Crippen LogP contribution in [-0.2, 0) is 17.7 Å². The highest BCUT2D eigenvalue weighted by Gasteiger charge is 2.23. The molecule has 4 nitrogen and oxygen atoms in total. The molecule has 1 aliphatic rings. The Morgan fingerprint density at radius 1 is 1.45 bits per heavy atom. The monoisotopic (exact) mass is 304 g/mol. The van der Waals surface area contributed by atoms with Crippen molar-refractivity contribution in [3.05, 3.63) is 35.3 Å². The van der Waals surface area contributed by atoms with E-state index in [9.17, 15) is 9.18 Å². The van der Waals surface area contributed by atoms with Crippen LogP contribution in [0.5, 0.6) is 0 Å². The summed E-state index contributed by atoms with van der Waals surface area (Å²) in [5, 5.41) is 0.864. The van der Waals surface area contributed by atoms with E-state index >= 15 is 0 Å². The van der Waals surface area contributed by atoms with Crippen LogP contribution in [0.25, 0.3) is 10.9 Å². The smallest absolute Gasteiger partial charge is 0.410 e. The second-order valence-electron chi connectivity index (χ2n) is 5.77. The van der Waals surface area contributed by atoms with Crippen molar-refractivity contribution in [1.29, 1.82) is 0 Å². The van der Waals surface area contributed by atoms with Gasteiger partial charge in [0.1, 0.15) is 5.82 Å². The van der Waals surface area contributed by atoms with Crippen molar-refractivity contribution >= 4 is 17.0 Å². The van der Waals surface area contributed by atoms with Crippen molar-refractivity contribution in [3.8, 4) is 0 Å². The van der Waals surface area contributed by atoms with Gasteiger partial charge < -0.3 is 14.6 Å². The van der Waals surface area contributed by atoms with Gasteiger partial charge in [0.05, 0.1) is 13.2 Å². The van der Waals surface area contributed by atoms with E-state index in [0.29, 0.717) is 19.7 Å². The summed E-state index contributed by atoms with van der Waals surface area (Å²) in [5.74, 6) is -0.254. The Kier molecular flexibility index (Phi) is 4.32. The number of nitrogens with one attached hydrogen (secondary N) is 1. The van der Waals surface area contributed by atoms with Gasteiger partial charge in [0.15, 0.2) is 0 Å². The fourth-order valence-corrected chi connectivity index (χ4v) is 2.94. The number of carbonyl (C=O) groups is 1. The van der Waals surface area contributed by atoms with Gasteiger partial charge >= 0.3 is 6.09 Å². The number of hydrogen-bond acceptors (Lipinski definition) is 2. The lowest BCUT2D eigenvalue weighted by Crippen LogP contribution is -2.31. The van der Waals surface area contributed by atoms with Gasteiger partial charge in [-0.1, -0.05) is 13.3 Å². The molecule has 1 aliphatic heterocycles. The van der Waals surface area contributed by atoms with E-state index in [1.165, 1.54) is 12.1 Å². The van der Waals surface area contributed by atoms with Crippen LogP contribution in [0.15, 0.2) is 18.2 Å². The first-order chi connectivity index (χ1) is 10.7. The minimum Gasteiger partial charge on any atom is -0.449 e. The van der Waals surface area contributed by atoms with Crippen molar-refractivity contribution in [1.82, 2.24) is 9.88 Å². The number of rotatable bonds is 3. The van der Waals surface area contributed by atoms with Crippen LogP contribution in [0.4, 0.5) is 9.18 Å². The summed E-state index contributed by atoms with van der Waals surface area (Å²) in [4.78, 5) is 17.3. The zero-order valence-electron chi connectivity index (χ0n) is 12.8. The second-order valence-corrected chi connectivity index (χ2v) is 5.77. The lowest BCUT2D eigenvalue weighted by molar-refractivity contribution is 0.0992. The van der Waals surface area contributed by atoms with Gasteiger partial charge in [-0.2, -0.15) is 0 Å². The predicted octanol–water partition coefficient (Wildman–Crippen LogP) is 3.99. The van der Waals surface area contributed by atoms with Crippen molar-refractivity contribution in [2.45, 2.75) is 39.2 Å². The molecule has 1 aromatic heterocycles. The number of H-pyrrole nitrogens is 1. The third-order valence-corrected chi connectivity index (χ3v) is 4.14. The van der Waals surface area contributed by atoms with E-state index < -0.39 is 0 Å². The molecule has 118 valence electrons. The highest BCUT2D eigenvalue weighted by Crippen LogP contribution is 2.28. The molecule has 0 spiro atoms. The first-order valence-electron chi connectivity index (χ1n) is 7.89. The summed E-state index contributed by atoms with van der Waals surface area (Å²) in [7, 11) is 0. The number of aryl methyl sites for hydroxylation is 1. The van der Waals surface area contributed by atoms with Crippen molar-refractivity contribution in [2.24, 2.45) is 0 Å². The summed E-state index contributed by atoms with van der Waals surface area (Å²) in [6.45, 7) is 3.67. The number of nitrogens with zero attached hydrogens (tertiary/aromatic N) is 1. The molecule has 1 aromatic carbocycles. The van der Waals surface area contributed by atoms with Crippen LogP contribution in [0, 0.1) is 5.82 Å². The fraction of sp³-hybridized carbons (Fsp3) is 0.471. The minimum atomic E-state index is -0.271. The fourth-order valence-electron chi connectivity index (χ4n) is 2.94. The molecule has 0 radical (unpaired) electrons. The number of unbranched alkanes of at least 4 members (excludes halogenated alkanes) is 1. The van der Waals surface area contributed by atoms with Gasteiger partial charge in [-0.15, -0.1) is 0 Å². The van der Waals surface area contributed by atoms with Crippen LogP contribution >= 0.6 is 0 Å². The zero-order chi connectivity index (χ0) is 15.5. The Hall–Kier alpha value is -2.04. The Bertz CT molecular complexity index is 681. The maximum absolute atomic E-state index is 13.5. The maximum Gasteiger partial charge on any atom is 0.410 e. The van der Waals surface area contributed by atoms with E-state index in [0.717, 1.165) is 47.8 Å². The number of carbonyl (C=O) groups excluding carboxylic acids is 1. The average Bonchev–Trinajstić information content (AvgIpc) is 2.70. The summed E-state index contributed by atoms with van der Waals surface area (Å²) < 4.78 is 18.8. The van der Waals surface area contributed by atoms with Gasteiger partial charge in [-0.25, -0.2) is 9.18 Å². The van der Waals surface area contributed by atoms with E-state index in [1.807, 2.05) is 0 Å². The van der Waals surface area contributed by atoms with Crippen LogP contribution < -0.4 is 0 Å². The van der Waals surface area contributed by atoms with E-state index in [-0.39, 0.29) is 11.9 Å². The molecule has 22 heavy (non-hydrogen) atoms. The summed E-state index contributed by atoms with van der Waals surface area (Å²) in [6.07, 6.45) is 3.35. The van der Waals surface area contributed by atoms with Crippen LogP contribution in [0.1, 0.15) is 37.4 Å². The zero-order valence-corrected chi connectivity index (χ0v) is 12.8. The Morgan fingerprint density at radius 2 is 2.32 bits per heavy atom. The quantitative estimate of drug-likeness (QED) is 0.871. The molecule has 0 saturated carbocycles. The standard InChI is InChI=1S/C17H21FN2O2/c1-2-3-9-22-17(21)20-8-4-5-15-14(11-20)13-10-12(18)6-7-16(13)19-15/h6-7,10,19H,2-5,8-9,11H2,1H3. The molecule has 0 aliphatic carbocycles. The first kappa shape index (κ1) is 14.9. The topological polar surface area (TPSA) is 45.3 Å². The molecule has 0 fully saturated rings. The normalized spacial score (nSPS) is 14.7. The van der Waals surface area contributed by atoms with Gasteiger partial charge in [0, 0.05) is 28.7 Å². The maximum atomic E-state index is 13.5. The molecule has 0 atom stereocenters. The van der Waals surface area contributed by atoms with E-state index in [1.54, 1.807) is 11.0 Å². The third kappa shape index (κ3) is 2.93. The predicted molar refractivity (Wildman–Crippen MR) is 83.2 cm³/mol. The molecular formula is C17H21FN2O2. The third-order valence-electron chi connectivity index (χ3n) is 4.14. The molecule has 2 heterocycles. The molecule has 0 saturated heterocycles. The molecule has 3 rings (SSSR count). The van der Waals surface area contributed by atoms with Crippen molar-refractivity contribution in [2.75, 3.05) is 13.2 Å². The van der Waals surface area contributed by atoms with E-state index in [4.69, 9.17) is 4.74 Å². The Morgan fingerprint density at radius 3 is 3.14 bits per heavy atom. The molecule has 0 unspecified atom stereocenters. The molecule has 2 aromatic rings. The number of benzene rings is 1. The number of aromatic nitrogens is 1.